The number of hydrogen-bond acceptors (Lipinski definition) is 1. The van der Waals surface area contributed by atoms with Gasteiger partial charge in [0.15, 0.2) is 0 Å². The molecule has 2 atom stereocenters. The van der Waals surface area contributed by atoms with Gasteiger partial charge in [0, 0.05) is 11.1 Å². The van der Waals surface area contributed by atoms with E-state index in [4.69, 9.17) is 0 Å². The van der Waals surface area contributed by atoms with E-state index >= 15 is 0 Å². The van der Waals surface area contributed by atoms with Gasteiger partial charge in [0.05, 0.1) is 0 Å². The van der Waals surface area contributed by atoms with Crippen molar-refractivity contribution in [3.05, 3.63) is 71.3 Å². The predicted octanol–water partition coefficient (Wildman–Crippen LogP) is 5.32. The van der Waals surface area contributed by atoms with Gasteiger partial charge in [-0.15, -0.1) is 0 Å². The molecule has 0 radical (unpaired) electrons. The molecule has 0 amide bonds. The molecule has 0 fully saturated rings. The van der Waals surface area contributed by atoms with Crippen molar-refractivity contribution in [3.8, 4) is 0 Å². The van der Waals surface area contributed by atoms with Crippen LogP contribution in [-0.2, 0) is 11.2 Å². The van der Waals surface area contributed by atoms with Gasteiger partial charge in [0.1, 0.15) is 22.1 Å². The molecule has 0 aliphatic heterocycles. The molecule has 118 valence electrons. The van der Waals surface area contributed by atoms with Crippen molar-refractivity contribution >= 4 is 11.2 Å². The van der Waals surface area contributed by atoms with E-state index in [-0.39, 0.29) is 22.1 Å². The molecule has 2 rings (SSSR count). The van der Waals surface area contributed by atoms with Gasteiger partial charge in [-0.3, -0.25) is 0 Å². The van der Waals surface area contributed by atoms with Crippen LogP contribution >= 0.6 is 0 Å². The van der Waals surface area contributed by atoms with Crippen molar-refractivity contribution in [2.45, 2.75) is 37.2 Å². The maximum Gasteiger partial charge on any atom is 0.141 e. The van der Waals surface area contributed by atoms with Crippen LogP contribution in [0.3, 0.4) is 0 Å². The zero-order chi connectivity index (χ0) is 16.1. The smallest absolute Gasteiger partial charge is 0.141 e. The lowest BCUT2D eigenvalue weighted by molar-refractivity contribution is 0.560. The summed E-state index contributed by atoms with van der Waals surface area (Å²) in [6.07, 6.45) is 1.41. The maximum atomic E-state index is 13.1. The second-order valence-electron chi connectivity index (χ2n) is 5.23. The normalized spacial score (nSPS) is 15.3. The summed E-state index contributed by atoms with van der Waals surface area (Å²) in [4.78, 5) is 0. The van der Waals surface area contributed by atoms with E-state index < -0.39 is 11.2 Å². The van der Waals surface area contributed by atoms with Crippen LogP contribution in [0.5, 0.6) is 0 Å². The molecule has 0 aliphatic carbocycles. The predicted molar refractivity (Wildman–Crippen MR) is 87.0 cm³/mol. The minimum absolute atomic E-state index is 0.157. The Hall–Kier alpha value is -1.39. The first-order valence-corrected chi connectivity index (χ1v) is 8.74. The first kappa shape index (κ1) is 17.0. The van der Waals surface area contributed by atoms with Crippen molar-refractivity contribution < 1.29 is 13.3 Å². The zero-order valence-electron chi connectivity index (χ0n) is 12.8. The Morgan fingerprint density at radius 1 is 0.773 bits per heavy atom. The second kappa shape index (κ2) is 7.75. The summed E-state index contributed by atoms with van der Waals surface area (Å²) in [7, 11) is 0. The fourth-order valence-electron chi connectivity index (χ4n) is 2.62. The number of rotatable bonds is 6. The summed E-state index contributed by atoms with van der Waals surface area (Å²) in [5.74, 6) is -0.593. The van der Waals surface area contributed by atoms with Crippen LogP contribution in [0.1, 0.15) is 48.3 Å². The van der Waals surface area contributed by atoms with Crippen molar-refractivity contribution in [1.29, 1.82) is 0 Å². The van der Waals surface area contributed by atoms with Crippen LogP contribution in [0.15, 0.2) is 48.5 Å². The van der Waals surface area contributed by atoms with Gasteiger partial charge < -0.3 is 4.55 Å². The van der Waals surface area contributed by atoms with Crippen LogP contribution in [0.4, 0.5) is 8.78 Å². The van der Waals surface area contributed by atoms with Crippen molar-refractivity contribution in [1.82, 2.24) is 0 Å². The number of benzene rings is 2. The first-order valence-electron chi connectivity index (χ1n) is 7.47. The molecule has 0 aliphatic rings. The highest BCUT2D eigenvalue weighted by atomic mass is 32.2. The first-order chi connectivity index (χ1) is 10.6. The van der Waals surface area contributed by atoms with E-state index in [0.29, 0.717) is 12.8 Å². The van der Waals surface area contributed by atoms with Crippen LogP contribution in [0.2, 0.25) is 0 Å². The molecule has 2 unspecified atom stereocenters. The summed E-state index contributed by atoms with van der Waals surface area (Å²) < 4.78 is 39.1. The second-order valence-corrected chi connectivity index (χ2v) is 7.02. The molecule has 4 heteroatoms. The standard InChI is InChI=1S/C18H20F2OS/c1-3-17(13-5-9-15(19)10-6-13)22(21)18(4-2)14-7-11-16(20)12-8-14/h5-12,17-18H,3-4H2,1-2H3. The molecule has 0 saturated heterocycles. The average Bonchev–Trinajstić information content (AvgIpc) is 2.52. The van der Waals surface area contributed by atoms with Crippen molar-refractivity contribution in [2.24, 2.45) is 0 Å². The molecule has 2 aromatic carbocycles. The Bertz CT molecular complexity index is 530. The Morgan fingerprint density at radius 2 is 1.09 bits per heavy atom. The zero-order valence-corrected chi connectivity index (χ0v) is 13.6. The van der Waals surface area contributed by atoms with Gasteiger partial charge >= 0.3 is 0 Å². The fraction of sp³-hybridized carbons (Fsp3) is 0.333. The Balaban J connectivity index is 2.26. The summed E-state index contributed by atoms with van der Waals surface area (Å²) in [6.45, 7) is 3.95. The SMILES string of the molecule is CCC(c1ccc(F)cc1)[S+]([O-])C(CC)c1ccc(F)cc1. The van der Waals surface area contributed by atoms with Crippen LogP contribution in [0.25, 0.3) is 0 Å². The lowest BCUT2D eigenvalue weighted by Gasteiger charge is -2.28. The molecule has 0 N–H and O–H groups in total. The molecular formula is C18H20F2OS. The highest BCUT2D eigenvalue weighted by molar-refractivity contribution is 7.91. The third kappa shape index (κ3) is 3.87. The van der Waals surface area contributed by atoms with Crippen molar-refractivity contribution in [2.75, 3.05) is 0 Å². The van der Waals surface area contributed by atoms with Crippen LogP contribution in [0, 0.1) is 11.6 Å². The lowest BCUT2D eigenvalue weighted by Crippen LogP contribution is -2.20. The van der Waals surface area contributed by atoms with E-state index in [1.54, 1.807) is 24.3 Å². The molecule has 0 aromatic heterocycles. The maximum absolute atomic E-state index is 13.1. The van der Waals surface area contributed by atoms with Gasteiger partial charge in [-0.05, 0) is 48.3 Å². The van der Waals surface area contributed by atoms with Crippen molar-refractivity contribution in [3.63, 3.8) is 0 Å². The largest absolute Gasteiger partial charge is 0.615 e. The lowest BCUT2D eigenvalue weighted by atomic mass is 10.1. The summed E-state index contributed by atoms with van der Waals surface area (Å²) in [5, 5.41) is -0.314. The molecular weight excluding hydrogens is 302 g/mol. The van der Waals surface area contributed by atoms with Crippen LogP contribution in [-0.4, -0.2) is 4.55 Å². The third-order valence-electron chi connectivity index (χ3n) is 3.79. The molecule has 22 heavy (non-hydrogen) atoms. The number of hydrogen-bond donors (Lipinski definition) is 0. The Kier molecular flexibility index (Phi) is 5.98. The minimum atomic E-state index is -1.16. The van der Waals surface area contributed by atoms with E-state index in [2.05, 4.69) is 0 Å². The topological polar surface area (TPSA) is 23.1 Å². The summed E-state index contributed by atoms with van der Waals surface area (Å²) >= 11 is -1.16. The van der Waals surface area contributed by atoms with Gasteiger partial charge in [0.2, 0.25) is 0 Å². The van der Waals surface area contributed by atoms with E-state index in [0.717, 1.165) is 11.1 Å². The van der Waals surface area contributed by atoms with Gasteiger partial charge in [0.25, 0.3) is 0 Å². The molecule has 0 bridgehead atoms. The summed E-state index contributed by atoms with van der Waals surface area (Å²) in [5.41, 5.74) is 1.76. The highest BCUT2D eigenvalue weighted by Gasteiger charge is 2.31. The monoisotopic (exact) mass is 322 g/mol. The van der Waals surface area contributed by atoms with E-state index in [1.165, 1.54) is 24.3 Å². The molecule has 1 nitrogen and oxygen atoms in total. The average molecular weight is 322 g/mol. The quantitative estimate of drug-likeness (QED) is 0.660. The van der Waals surface area contributed by atoms with Gasteiger partial charge in [-0.25, -0.2) is 8.78 Å². The van der Waals surface area contributed by atoms with Gasteiger partial charge in [-0.2, -0.15) is 0 Å². The van der Waals surface area contributed by atoms with Gasteiger partial charge in [-0.1, -0.05) is 38.1 Å². The molecule has 0 spiro atoms. The molecule has 0 saturated carbocycles. The minimum Gasteiger partial charge on any atom is -0.615 e. The van der Waals surface area contributed by atoms with E-state index in [1.807, 2.05) is 13.8 Å². The Labute approximate surface area is 133 Å². The van der Waals surface area contributed by atoms with E-state index in [9.17, 15) is 13.3 Å². The molecule has 2 aromatic rings. The fourth-order valence-corrected chi connectivity index (χ4v) is 4.53. The third-order valence-corrected chi connectivity index (χ3v) is 6.12. The summed E-state index contributed by atoms with van der Waals surface area (Å²) in [6, 6.07) is 12.4. The highest BCUT2D eigenvalue weighted by Crippen LogP contribution is 2.38. The van der Waals surface area contributed by atoms with Crippen LogP contribution < -0.4 is 0 Å². The molecule has 0 heterocycles. The number of halogens is 2. The Morgan fingerprint density at radius 3 is 1.36 bits per heavy atom.